The summed E-state index contributed by atoms with van der Waals surface area (Å²) in [6.45, 7) is 1.47. The van der Waals surface area contributed by atoms with Gasteiger partial charge in [0.1, 0.15) is 39.1 Å². The van der Waals surface area contributed by atoms with Crippen LogP contribution in [0.25, 0.3) is 177 Å². The lowest BCUT2D eigenvalue weighted by atomic mass is 9.76. The molecular weight excluding hydrogens is 1880 g/mol. The summed E-state index contributed by atoms with van der Waals surface area (Å²) in [6, 6.07) is 103. The van der Waals surface area contributed by atoms with Crippen molar-refractivity contribution in [3.8, 4) is 118 Å². The molecule has 0 atom stereocenters. The molecule has 9 heterocycles. The minimum Gasteiger partial charge on any atom is -0.457 e. The van der Waals surface area contributed by atoms with Gasteiger partial charge >= 0.3 is 5.84 Å². The Labute approximate surface area is 914 Å². The number of benzene rings is 18. The standard InChI is InChI=1S/C45H41N3OSi.C45H38N2OS.C44H38N2OSSi/c1-28-20-22-30(42-34(45(3,4)5)24-25-41-43(42)49-39-18-12-13-19-40(39)50(41,6)7)26-32(28)33-27-31(23-21-29(33)2)47-37-16-10-11-17-38(37)48-36-15-9-8-14-35(36)46-44(47)48;1-7-29-21-23-38-42(48-44-46-36-13-9-10-14-37(36)47(38)44)41(29)31-20-17-27(3)33(25-31)32-24-30(19-16-26(32)2)40-28(4)18-22-35-43(40)49-39-15-11-8-12-34(39)45(35,5)6;1-7-29-21-22-36-43(48-44-45-34-12-8-9-13-35(34)46(36)44)41(29)31-20-17-27(3)33(25-31)32-24-30(19-16-26(32)2)40-28(4)18-23-39-42(40)47-37-14-10-11-15-38(37)49(39,5)6/h8-27H,1-7H3;2*8-25H,7H2,1-6H3/i1D3,2D3;2*2D3,3D3,4D3,7D2. The van der Waals surface area contributed by atoms with E-state index in [4.69, 9.17) is 62.2 Å². The van der Waals surface area contributed by atoms with Crippen molar-refractivity contribution in [2.45, 2.75) is 163 Å². The number of nitrogens with zero attached hydrogens (tertiary/aromatic N) is 7. The van der Waals surface area contributed by atoms with E-state index >= 15 is 0 Å². The van der Waals surface area contributed by atoms with Crippen LogP contribution in [-0.4, -0.2) is 48.9 Å². The largest absolute Gasteiger partial charge is 0.457 e. The molecule has 0 aliphatic carbocycles. The maximum atomic E-state index is 8.92. The summed E-state index contributed by atoms with van der Waals surface area (Å²) in [5.74, 6) is 3.57. The van der Waals surface area contributed by atoms with E-state index in [1.165, 1.54) is 66.4 Å². The third-order valence-corrected chi connectivity index (χ3v) is 39.4. The molecule has 148 heavy (non-hydrogen) atoms. The van der Waals surface area contributed by atoms with Crippen molar-refractivity contribution in [1.29, 1.82) is 0 Å². The molecule has 0 fully saturated rings. The lowest BCUT2D eigenvalue weighted by Gasteiger charge is -2.36. The van der Waals surface area contributed by atoms with Crippen LogP contribution < -0.4 is 30.2 Å². The highest BCUT2D eigenvalue weighted by Crippen LogP contribution is 2.56. The molecule has 6 aromatic heterocycles. The highest BCUT2D eigenvalue weighted by Gasteiger charge is 2.42. The first-order chi connectivity index (χ1) is 82.5. The van der Waals surface area contributed by atoms with Crippen molar-refractivity contribution in [3.63, 3.8) is 0 Å². The average Bonchev–Trinajstić information content (AvgIpc) is 0.863. The van der Waals surface area contributed by atoms with Crippen molar-refractivity contribution in [3.05, 3.63) is 412 Å². The Morgan fingerprint density at radius 2 is 0.791 bits per heavy atom. The number of fused-ring (bicyclic) bond motifs is 21. The second-order valence-corrected chi connectivity index (χ2v) is 51.6. The van der Waals surface area contributed by atoms with Gasteiger partial charge in [-0.15, -0.1) is 0 Å². The number of imidazole rings is 4. The lowest BCUT2D eigenvalue weighted by Crippen LogP contribution is -2.56. The van der Waals surface area contributed by atoms with E-state index in [1.54, 1.807) is 97.1 Å². The number of oxazole rings is 1. The molecule has 0 amide bonds. The molecule has 0 unspecified atom stereocenters. The molecule has 27 rings (SSSR count). The number of thiazole rings is 1. The van der Waals surface area contributed by atoms with Crippen molar-refractivity contribution in [1.82, 2.24) is 32.7 Å². The van der Waals surface area contributed by atoms with Gasteiger partial charge in [0.05, 0.1) is 59.9 Å². The summed E-state index contributed by atoms with van der Waals surface area (Å²) in [7, 11) is -4.68. The average molecular weight is 2020 g/mol. The molecule has 3 aliphatic rings. The summed E-state index contributed by atoms with van der Waals surface area (Å²) in [5, 5.41) is 4.30. The minimum atomic E-state index is -2.71. The Morgan fingerprint density at radius 3 is 1.36 bits per heavy atom. The second-order valence-electron chi connectivity index (χ2n) is 40.9. The van der Waals surface area contributed by atoms with Crippen LogP contribution in [0.15, 0.2) is 354 Å². The monoisotopic (exact) mass is 2020 g/mol. The molecule has 0 bridgehead atoms. The number of rotatable bonds is 11. The quantitative estimate of drug-likeness (QED) is 0.119. The maximum absolute atomic E-state index is 8.92. The fourth-order valence-electron chi connectivity index (χ4n) is 22.6. The van der Waals surface area contributed by atoms with Crippen molar-refractivity contribution in [2.24, 2.45) is 0 Å². The van der Waals surface area contributed by atoms with Crippen molar-refractivity contribution in [2.75, 3.05) is 0 Å². The fraction of sp³-hybridized carbons (Fsp3) is 0.172. The zero-order valence-electron chi connectivity index (χ0n) is 111. The summed E-state index contributed by atoms with van der Waals surface area (Å²) in [6.07, 6.45) is -3.73. The number of aryl methyl sites for hydroxylation is 10. The van der Waals surface area contributed by atoms with Gasteiger partial charge in [0.25, 0.3) is 0 Å². The van der Waals surface area contributed by atoms with Crippen LogP contribution in [0.2, 0.25) is 26.2 Å². The van der Waals surface area contributed by atoms with Gasteiger partial charge in [0, 0.05) is 81.5 Å². The van der Waals surface area contributed by atoms with E-state index < -0.39 is 89.1 Å². The van der Waals surface area contributed by atoms with Gasteiger partial charge in [-0.05, 0) is 354 Å². The van der Waals surface area contributed by atoms with Gasteiger partial charge in [-0.25, -0.2) is 9.97 Å². The number of hydrogen-bond acceptors (Lipinski definition) is 8. The van der Waals surface area contributed by atoms with Crippen LogP contribution in [0.1, 0.15) is 159 Å². The highest BCUT2D eigenvalue weighted by molar-refractivity contribution is 7.99. The molecule has 0 N–H and O–H groups in total. The fourth-order valence-corrected chi connectivity index (χ4v) is 31.0. The molecule has 0 saturated carbocycles. The van der Waals surface area contributed by atoms with Gasteiger partial charge in [-0.3, -0.25) is 17.8 Å². The van der Waals surface area contributed by atoms with Gasteiger partial charge in [0.15, 0.2) is 10.5 Å². The predicted octanol–water partition coefficient (Wildman–Crippen LogP) is 34.2. The Kier molecular flexibility index (Phi) is 16.1. The second kappa shape index (κ2) is 35.4. The molecular formula is C134H117N7O3S2Si2. The van der Waals surface area contributed by atoms with E-state index in [1.807, 2.05) is 201 Å². The van der Waals surface area contributed by atoms with Gasteiger partial charge in [0.2, 0.25) is 5.78 Å². The van der Waals surface area contributed by atoms with E-state index in [2.05, 4.69) is 101 Å². The molecule has 0 saturated heterocycles. The van der Waals surface area contributed by atoms with E-state index in [0.29, 0.717) is 100 Å². The lowest BCUT2D eigenvalue weighted by molar-refractivity contribution is 0.485. The van der Waals surface area contributed by atoms with Gasteiger partial charge in [-0.2, -0.15) is 4.98 Å². The summed E-state index contributed by atoms with van der Waals surface area (Å²) in [4.78, 5) is 16.9. The molecule has 726 valence electrons. The topological polar surface area (TPSA) is 88.4 Å². The van der Waals surface area contributed by atoms with Crippen molar-refractivity contribution >= 4 is 142 Å². The van der Waals surface area contributed by atoms with Crippen LogP contribution in [0, 0.1) is 54.8 Å². The zero-order valence-corrected chi connectivity index (χ0v) is 86.6. The normalized spacial score (nSPS) is 17.3. The van der Waals surface area contributed by atoms with Crippen LogP contribution in [0.3, 0.4) is 0 Å². The number of para-hydroxylation sites is 10. The van der Waals surface area contributed by atoms with Crippen LogP contribution in [-0.2, 0) is 23.6 Å². The smallest absolute Gasteiger partial charge is 0.307 e. The Hall–Kier alpha value is -15.4. The summed E-state index contributed by atoms with van der Waals surface area (Å²) >= 11 is 2.85. The first kappa shape index (κ1) is 67.4. The number of ether oxygens (including phenoxy) is 2. The maximum Gasteiger partial charge on any atom is 0.307 e. The number of aromatic nitrogens is 7. The SMILES string of the molecule is [2H]C([2H])([2H])c1ccc(-c2c(C(C)(C)C)ccc3c2Oc2ccccc2[Si]3(C)C)cc1-c1cc(-n2c3ccccc3n3c4ccccc4nc23)ccc1C([2H])([2H])[2H].[2H]C([2H])([2H])c1ccc(-c2c(C([2H])([2H])[2H])ccc3c2Oc2ccccc2[Si]3(C)C)cc1-c1cc(-c2c(C([2H])([2H])C)ccc3c2sc2nc4ccccc4n23)ccc1C([2H])([2H])[2H].[2H]C([2H])([2H])c1ccc(-c2c(C([2H])([2H])[2H])ccc3c2Sc2ccccc2C3(C)C)cc1-c1cc(-c2c(C([2H])([2H])C)ccc3c2oc2nc4ccccc4n23)ccc1C([2H])([2H])[2H]. The minimum absolute atomic E-state index is 0.0135. The first-order valence-corrected chi connectivity index (χ1v) is 57.0. The third-order valence-electron chi connectivity index (χ3n) is 30.1. The predicted molar refractivity (Wildman–Crippen MR) is 628 cm³/mol. The third kappa shape index (κ3) is 15.0. The Bertz CT molecular complexity index is 10500. The Balaban J connectivity index is 0.000000131. The highest BCUT2D eigenvalue weighted by atomic mass is 32.2. The first-order valence-electron chi connectivity index (χ1n) is 63.3. The molecule has 14 heteroatoms. The van der Waals surface area contributed by atoms with Crippen LogP contribution in [0.5, 0.6) is 23.0 Å². The van der Waals surface area contributed by atoms with Crippen LogP contribution in [0.4, 0.5) is 0 Å². The van der Waals surface area contributed by atoms with Crippen molar-refractivity contribution < 1.29 is 52.3 Å². The summed E-state index contributed by atoms with van der Waals surface area (Å²) in [5.41, 5.74) is 17.7. The molecule has 10 nitrogen and oxygen atoms in total. The molecule has 24 aromatic rings. The van der Waals surface area contributed by atoms with Gasteiger partial charge < -0.3 is 13.9 Å². The summed E-state index contributed by atoms with van der Waals surface area (Å²) < 4.78 is 272. The molecule has 0 radical (unpaired) electrons. The van der Waals surface area contributed by atoms with E-state index in [-0.39, 0.29) is 89.1 Å². The van der Waals surface area contributed by atoms with E-state index in [9.17, 15) is 0 Å². The van der Waals surface area contributed by atoms with Crippen LogP contribution >= 0.6 is 23.1 Å². The van der Waals surface area contributed by atoms with E-state index in [0.717, 1.165) is 114 Å². The zero-order chi connectivity index (χ0) is 125. The van der Waals surface area contributed by atoms with Gasteiger partial charge in [-0.1, -0.05) is 316 Å². The Morgan fingerprint density at radius 1 is 0.358 bits per heavy atom. The molecule has 3 aliphatic heterocycles. The molecule has 18 aromatic carbocycles. The molecule has 0 spiro atoms. The number of hydrogen-bond donors (Lipinski definition) is 0.